The molecule has 3 rings (SSSR count). The van der Waals surface area contributed by atoms with E-state index >= 15 is 0 Å². The molecule has 168 valence electrons. The van der Waals surface area contributed by atoms with Gasteiger partial charge in [0.25, 0.3) is 5.91 Å². The third-order valence-corrected chi connectivity index (χ3v) is 7.41. The van der Waals surface area contributed by atoms with Crippen LogP contribution < -0.4 is 11.1 Å². The Balaban J connectivity index is 1.76. The molecule has 1 fully saturated rings. The number of likely N-dealkylation sites (N-methyl/N-ethyl adjacent to an activating group) is 1. The highest BCUT2D eigenvalue weighted by atomic mass is 32.2. The van der Waals surface area contributed by atoms with Crippen molar-refractivity contribution >= 4 is 15.9 Å². The third-order valence-electron chi connectivity index (χ3n) is 5.52. The minimum absolute atomic E-state index is 0.00436. The maximum atomic E-state index is 13.0. The second-order valence-corrected chi connectivity index (χ2v) is 9.75. The number of nitrogens with one attached hydrogen (secondary N) is 1. The van der Waals surface area contributed by atoms with Gasteiger partial charge >= 0.3 is 0 Å². The van der Waals surface area contributed by atoms with Gasteiger partial charge in [-0.1, -0.05) is 36.4 Å². The number of aliphatic hydroxyl groups excluding tert-OH is 1. The predicted molar refractivity (Wildman–Crippen MR) is 119 cm³/mol. The largest absolute Gasteiger partial charge is 0.390 e. The number of sulfonamides is 1. The highest BCUT2D eigenvalue weighted by molar-refractivity contribution is 7.89. The molecule has 1 amide bonds. The fourth-order valence-corrected chi connectivity index (χ4v) is 5.01. The van der Waals surface area contributed by atoms with Gasteiger partial charge in [0.15, 0.2) is 0 Å². The van der Waals surface area contributed by atoms with E-state index in [1.807, 2.05) is 37.4 Å². The van der Waals surface area contributed by atoms with E-state index in [9.17, 15) is 18.3 Å². The molecular formula is C22H30N4O4S. The third kappa shape index (κ3) is 5.90. The Morgan fingerprint density at radius 2 is 1.77 bits per heavy atom. The minimum Gasteiger partial charge on any atom is -0.390 e. The maximum Gasteiger partial charge on any atom is 0.251 e. The lowest BCUT2D eigenvalue weighted by Crippen LogP contribution is -2.48. The van der Waals surface area contributed by atoms with Crippen molar-refractivity contribution < 1.29 is 18.3 Å². The van der Waals surface area contributed by atoms with E-state index in [4.69, 9.17) is 5.73 Å². The first kappa shape index (κ1) is 23.4. The number of nitrogens with two attached hydrogens (primary N) is 1. The smallest absolute Gasteiger partial charge is 0.251 e. The molecule has 0 unspecified atom stereocenters. The van der Waals surface area contributed by atoms with Gasteiger partial charge in [-0.05, 0) is 37.2 Å². The average Bonchev–Trinajstić information content (AvgIpc) is 2.79. The number of carbonyl (C=O) groups is 1. The van der Waals surface area contributed by atoms with Gasteiger partial charge in [0.05, 0.1) is 17.0 Å². The quantitative estimate of drug-likeness (QED) is 0.537. The van der Waals surface area contributed by atoms with Gasteiger partial charge in [0, 0.05) is 38.3 Å². The number of hydrogen-bond acceptors (Lipinski definition) is 6. The molecule has 0 spiro atoms. The van der Waals surface area contributed by atoms with Crippen LogP contribution in [0.1, 0.15) is 15.9 Å². The molecule has 1 aliphatic heterocycles. The number of aliphatic hydroxyl groups is 1. The van der Waals surface area contributed by atoms with Gasteiger partial charge in [-0.15, -0.1) is 0 Å². The molecule has 0 bridgehead atoms. The molecule has 0 aromatic heterocycles. The Morgan fingerprint density at radius 1 is 1.10 bits per heavy atom. The van der Waals surface area contributed by atoms with Crippen molar-refractivity contribution in [3.63, 3.8) is 0 Å². The highest BCUT2D eigenvalue weighted by Gasteiger charge is 2.28. The topological polar surface area (TPSA) is 116 Å². The van der Waals surface area contributed by atoms with Gasteiger partial charge in [0.1, 0.15) is 0 Å². The number of piperazine rings is 1. The number of nitrogens with zero attached hydrogens (tertiary/aromatic N) is 2. The van der Waals surface area contributed by atoms with Crippen molar-refractivity contribution in [1.29, 1.82) is 0 Å². The first-order valence-electron chi connectivity index (χ1n) is 10.3. The number of rotatable bonds is 8. The summed E-state index contributed by atoms with van der Waals surface area (Å²) in [4.78, 5) is 15.0. The van der Waals surface area contributed by atoms with Crippen LogP contribution in [0.3, 0.4) is 0 Å². The fourth-order valence-electron chi connectivity index (χ4n) is 3.54. The van der Waals surface area contributed by atoms with E-state index in [2.05, 4.69) is 10.2 Å². The molecule has 1 heterocycles. The van der Waals surface area contributed by atoms with Crippen LogP contribution >= 0.6 is 0 Å². The second-order valence-electron chi connectivity index (χ2n) is 7.81. The van der Waals surface area contributed by atoms with E-state index in [1.165, 1.54) is 16.4 Å². The van der Waals surface area contributed by atoms with Crippen LogP contribution in [0.5, 0.6) is 0 Å². The lowest BCUT2D eigenvalue weighted by atomic mass is 10.0. The molecule has 2 atom stereocenters. The number of benzene rings is 2. The summed E-state index contributed by atoms with van der Waals surface area (Å²) in [7, 11) is -1.73. The maximum absolute atomic E-state index is 13.0. The van der Waals surface area contributed by atoms with E-state index in [0.29, 0.717) is 32.6 Å². The molecule has 0 radical (unpaired) electrons. The first-order chi connectivity index (χ1) is 14.8. The SMILES string of the molecule is CN1CCN(S(=O)(=O)c2cccc(C(=O)N[C@@H](Cc3ccccc3)[C@H](O)CN)c2)CC1. The molecule has 0 aliphatic carbocycles. The molecule has 9 heteroatoms. The van der Waals surface area contributed by atoms with Gasteiger partial charge in [-0.2, -0.15) is 4.31 Å². The molecule has 1 aliphatic rings. The van der Waals surface area contributed by atoms with E-state index < -0.39 is 28.1 Å². The van der Waals surface area contributed by atoms with Crippen LogP contribution in [0, 0.1) is 0 Å². The zero-order valence-electron chi connectivity index (χ0n) is 17.6. The standard InChI is InChI=1S/C22H30N4O4S/c1-25-10-12-26(13-11-25)31(29,30)19-9-5-8-18(15-19)22(28)24-20(21(27)16-23)14-17-6-3-2-4-7-17/h2-9,15,20-21,27H,10-14,16,23H2,1H3,(H,24,28)/t20-,21+/m0/s1. The monoisotopic (exact) mass is 446 g/mol. The van der Waals surface area contributed by atoms with E-state index in [0.717, 1.165) is 5.56 Å². The van der Waals surface area contributed by atoms with E-state index in [1.54, 1.807) is 12.1 Å². The molecule has 1 saturated heterocycles. The van der Waals surface area contributed by atoms with Crippen LogP contribution in [-0.4, -0.2) is 80.6 Å². The molecule has 2 aromatic rings. The summed E-state index contributed by atoms with van der Waals surface area (Å²) >= 11 is 0. The molecule has 0 saturated carbocycles. The van der Waals surface area contributed by atoms with Crippen LogP contribution in [0.4, 0.5) is 0 Å². The van der Waals surface area contributed by atoms with Gasteiger partial charge < -0.3 is 21.1 Å². The molecule has 31 heavy (non-hydrogen) atoms. The Hall–Kier alpha value is -2.30. The Labute approximate surface area is 183 Å². The zero-order chi connectivity index (χ0) is 22.4. The highest BCUT2D eigenvalue weighted by Crippen LogP contribution is 2.19. The van der Waals surface area contributed by atoms with Gasteiger partial charge in [0.2, 0.25) is 10.0 Å². The summed E-state index contributed by atoms with van der Waals surface area (Å²) in [6.45, 7) is 2.15. The van der Waals surface area contributed by atoms with Gasteiger partial charge in [-0.3, -0.25) is 4.79 Å². The second kappa shape index (κ2) is 10.3. The number of hydrogen-bond donors (Lipinski definition) is 3. The van der Waals surface area contributed by atoms with Crippen molar-refractivity contribution in [1.82, 2.24) is 14.5 Å². The molecule has 2 aromatic carbocycles. The summed E-state index contributed by atoms with van der Waals surface area (Å²) in [5.41, 5.74) is 6.80. The van der Waals surface area contributed by atoms with Crippen LogP contribution in [0.2, 0.25) is 0 Å². The number of carbonyl (C=O) groups excluding carboxylic acids is 1. The fraction of sp³-hybridized carbons (Fsp3) is 0.409. The van der Waals surface area contributed by atoms with Crippen molar-refractivity contribution in [3.8, 4) is 0 Å². The Morgan fingerprint density at radius 3 is 2.42 bits per heavy atom. The van der Waals surface area contributed by atoms with Crippen molar-refractivity contribution in [3.05, 3.63) is 65.7 Å². The lowest BCUT2D eigenvalue weighted by Gasteiger charge is -2.31. The summed E-state index contributed by atoms with van der Waals surface area (Å²) in [6.07, 6.45) is -0.522. The number of amides is 1. The molecule has 4 N–H and O–H groups in total. The van der Waals surface area contributed by atoms with Crippen LogP contribution in [0.15, 0.2) is 59.5 Å². The first-order valence-corrected chi connectivity index (χ1v) is 11.8. The van der Waals surface area contributed by atoms with Crippen molar-refractivity contribution in [2.45, 2.75) is 23.5 Å². The summed E-state index contributed by atoms with van der Waals surface area (Å²) in [5, 5.41) is 13.1. The summed E-state index contributed by atoms with van der Waals surface area (Å²) in [6, 6.07) is 14.9. The average molecular weight is 447 g/mol. The Kier molecular flexibility index (Phi) is 7.79. The summed E-state index contributed by atoms with van der Waals surface area (Å²) < 4.78 is 27.5. The zero-order valence-corrected chi connectivity index (χ0v) is 18.5. The predicted octanol–water partition coefficient (Wildman–Crippen LogP) is 0.283. The Bertz CT molecular complexity index is 976. The summed E-state index contributed by atoms with van der Waals surface area (Å²) in [5.74, 6) is -0.455. The van der Waals surface area contributed by atoms with Crippen molar-refractivity contribution in [2.24, 2.45) is 5.73 Å². The van der Waals surface area contributed by atoms with Crippen LogP contribution in [-0.2, 0) is 16.4 Å². The lowest BCUT2D eigenvalue weighted by molar-refractivity contribution is 0.0845. The van der Waals surface area contributed by atoms with Gasteiger partial charge in [-0.25, -0.2) is 8.42 Å². The normalized spacial score (nSPS) is 17.8. The van der Waals surface area contributed by atoms with Crippen molar-refractivity contribution in [2.75, 3.05) is 39.8 Å². The van der Waals surface area contributed by atoms with Crippen LogP contribution in [0.25, 0.3) is 0 Å². The minimum atomic E-state index is -3.68. The molecular weight excluding hydrogens is 416 g/mol. The van der Waals surface area contributed by atoms with E-state index in [-0.39, 0.29) is 17.0 Å². The molecule has 8 nitrogen and oxygen atoms in total.